The van der Waals surface area contributed by atoms with Gasteiger partial charge in [-0.3, -0.25) is 10.1 Å². The van der Waals surface area contributed by atoms with Crippen LogP contribution in [0.25, 0.3) is 22.2 Å². The molecule has 0 aliphatic rings. The Kier molecular flexibility index (Phi) is 6.41. The topological polar surface area (TPSA) is 97.4 Å². The van der Waals surface area contributed by atoms with Crippen LogP contribution in [0.5, 0.6) is 0 Å². The number of carbonyl (C=O) groups is 3. The molecule has 7 heteroatoms. The summed E-state index contributed by atoms with van der Waals surface area (Å²) in [5, 5.41) is 5.16. The predicted molar refractivity (Wildman–Crippen MR) is 114 cm³/mol. The number of fused-ring (bicyclic) bond motifs is 1. The molecule has 3 amide bonds. The van der Waals surface area contributed by atoms with Crippen LogP contribution < -0.4 is 10.6 Å². The third kappa shape index (κ3) is 4.81. The second kappa shape index (κ2) is 9.17. The Labute approximate surface area is 174 Å². The molecule has 0 bridgehead atoms. The molecule has 0 spiro atoms. The number of hydrogen-bond acceptors (Lipinski definition) is 5. The van der Waals surface area contributed by atoms with Gasteiger partial charge in [0, 0.05) is 17.5 Å². The lowest BCUT2D eigenvalue weighted by atomic mass is 9.99. The lowest BCUT2D eigenvalue weighted by Gasteiger charge is -2.12. The van der Waals surface area contributed by atoms with Crippen molar-refractivity contribution in [3.05, 3.63) is 65.2 Å². The molecule has 0 aliphatic heterocycles. The Balaban J connectivity index is 1.89. The first-order chi connectivity index (χ1) is 14.4. The van der Waals surface area contributed by atoms with E-state index in [1.54, 1.807) is 25.1 Å². The smallest absolute Gasteiger partial charge is 0.339 e. The number of para-hydroxylation sites is 1. The van der Waals surface area contributed by atoms with Gasteiger partial charge in [0.05, 0.1) is 16.8 Å². The van der Waals surface area contributed by atoms with E-state index < -0.39 is 24.5 Å². The minimum Gasteiger partial charge on any atom is -0.452 e. The summed E-state index contributed by atoms with van der Waals surface area (Å²) in [6.45, 7) is 5.54. The largest absolute Gasteiger partial charge is 0.452 e. The van der Waals surface area contributed by atoms with E-state index in [0.717, 1.165) is 16.7 Å². The molecule has 3 rings (SSSR count). The number of aromatic nitrogens is 1. The van der Waals surface area contributed by atoms with E-state index in [9.17, 15) is 14.4 Å². The summed E-state index contributed by atoms with van der Waals surface area (Å²) in [7, 11) is 0. The van der Waals surface area contributed by atoms with Crippen molar-refractivity contribution in [3.63, 3.8) is 0 Å². The Morgan fingerprint density at radius 1 is 1.03 bits per heavy atom. The fourth-order valence-corrected chi connectivity index (χ4v) is 3.16. The van der Waals surface area contributed by atoms with Gasteiger partial charge in [0.15, 0.2) is 6.61 Å². The minimum absolute atomic E-state index is 0.307. The number of pyridine rings is 1. The van der Waals surface area contributed by atoms with E-state index in [-0.39, 0.29) is 0 Å². The Morgan fingerprint density at radius 3 is 2.53 bits per heavy atom. The average molecular weight is 405 g/mol. The van der Waals surface area contributed by atoms with Gasteiger partial charge < -0.3 is 10.1 Å². The van der Waals surface area contributed by atoms with Crippen LogP contribution in [-0.4, -0.2) is 36.0 Å². The summed E-state index contributed by atoms with van der Waals surface area (Å²) < 4.78 is 5.16. The molecule has 3 aromatic rings. The van der Waals surface area contributed by atoms with Crippen molar-refractivity contribution in [3.8, 4) is 11.3 Å². The summed E-state index contributed by atoms with van der Waals surface area (Å²) >= 11 is 0. The van der Waals surface area contributed by atoms with Crippen molar-refractivity contribution < 1.29 is 19.1 Å². The molecule has 7 nitrogen and oxygen atoms in total. The molecule has 2 N–H and O–H groups in total. The van der Waals surface area contributed by atoms with Gasteiger partial charge in [-0.05, 0) is 38.5 Å². The first-order valence-corrected chi connectivity index (χ1v) is 9.61. The van der Waals surface area contributed by atoms with Crippen molar-refractivity contribution >= 4 is 28.8 Å². The Morgan fingerprint density at radius 2 is 1.80 bits per heavy atom. The number of nitrogens with zero attached hydrogens (tertiary/aromatic N) is 1. The van der Waals surface area contributed by atoms with E-state index in [1.165, 1.54) is 0 Å². The molecule has 154 valence electrons. The number of aryl methyl sites for hydroxylation is 2. The third-order valence-electron chi connectivity index (χ3n) is 4.52. The molecular weight excluding hydrogens is 382 g/mol. The first kappa shape index (κ1) is 21.0. The number of rotatable bonds is 5. The number of benzene rings is 2. The molecule has 0 fully saturated rings. The highest BCUT2D eigenvalue weighted by molar-refractivity contribution is 6.05. The van der Waals surface area contributed by atoms with Crippen LogP contribution in [0.3, 0.4) is 0 Å². The van der Waals surface area contributed by atoms with Crippen molar-refractivity contribution in [2.24, 2.45) is 0 Å². The number of amides is 3. The lowest BCUT2D eigenvalue weighted by Crippen LogP contribution is -2.41. The normalized spacial score (nSPS) is 10.5. The van der Waals surface area contributed by atoms with Gasteiger partial charge in [-0.25, -0.2) is 14.6 Å². The first-order valence-electron chi connectivity index (χ1n) is 9.61. The van der Waals surface area contributed by atoms with Crippen LogP contribution in [0.2, 0.25) is 0 Å². The SMILES string of the molecule is CCNC(=O)NC(=O)COC(=O)c1cc(-c2ccc(C)cc2C)nc2ccccc12. The highest BCUT2D eigenvalue weighted by Crippen LogP contribution is 2.28. The van der Waals surface area contributed by atoms with Crippen molar-refractivity contribution in [1.29, 1.82) is 0 Å². The molecule has 0 unspecified atom stereocenters. The molecule has 0 aliphatic carbocycles. The molecule has 0 saturated carbocycles. The van der Waals surface area contributed by atoms with E-state index in [1.807, 2.05) is 38.1 Å². The lowest BCUT2D eigenvalue weighted by molar-refractivity contribution is -0.123. The summed E-state index contributed by atoms with van der Waals surface area (Å²) in [5.41, 5.74) is 4.68. The number of ether oxygens (including phenoxy) is 1. The van der Waals surface area contributed by atoms with Crippen LogP contribution in [-0.2, 0) is 9.53 Å². The predicted octanol–water partition coefficient (Wildman–Crippen LogP) is 3.52. The molecule has 30 heavy (non-hydrogen) atoms. The highest BCUT2D eigenvalue weighted by Gasteiger charge is 2.18. The molecule has 1 heterocycles. The fourth-order valence-electron chi connectivity index (χ4n) is 3.16. The number of carbonyl (C=O) groups excluding carboxylic acids is 3. The zero-order valence-corrected chi connectivity index (χ0v) is 17.1. The number of urea groups is 1. The maximum atomic E-state index is 12.8. The van der Waals surface area contributed by atoms with E-state index in [0.29, 0.717) is 28.7 Å². The summed E-state index contributed by atoms with van der Waals surface area (Å²) in [6.07, 6.45) is 0. The van der Waals surface area contributed by atoms with Gasteiger partial charge >= 0.3 is 12.0 Å². The number of esters is 1. The molecular formula is C23H23N3O4. The van der Waals surface area contributed by atoms with E-state index in [4.69, 9.17) is 9.72 Å². The quantitative estimate of drug-likeness (QED) is 0.633. The van der Waals surface area contributed by atoms with Gasteiger partial charge in [-0.1, -0.05) is 42.0 Å². The van der Waals surface area contributed by atoms with E-state index in [2.05, 4.69) is 16.7 Å². The molecule has 2 aromatic carbocycles. The van der Waals surface area contributed by atoms with Crippen LogP contribution in [0.1, 0.15) is 28.4 Å². The van der Waals surface area contributed by atoms with Gasteiger partial charge in [-0.15, -0.1) is 0 Å². The number of hydrogen-bond donors (Lipinski definition) is 2. The highest BCUT2D eigenvalue weighted by atomic mass is 16.5. The van der Waals surface area contributed by atoms with Crippen LogP contribution in [0, 0.1) is 13.8 Å². The van der Waals surface area contributed by atoms with E-state index >= 15 is 0 Å². The van der Waals surface area contributed by atoms with Crippen LogP contribution in [0.15, 0.2) is 48.5 Å². The van der Waals surface area contributed by atoms with Gasteiger partial charge in [0.1, 0.15) is 0 Å². The standard InChI is InChI=1S/C23H23N3O4/c1-4-24-23(29)26-21(27)13-30-22(28)18-12-20(16-10-9-14(2)11-15(16)3)25-19-8-6-5-7-17(18)19/h5-12H,4,13H2,1-3H3,(H2,24,26,27,29). The monoisotopic (exact) mass is 405 g/mol. The summed E-state index contributed by atoms with van der Waals surface area (Å²) in [4.78, 5) is 40.7. The van der Waals surface area contributed by atoms with Gasteiger partial charge in [0.25, 0.3) is 5.91 Å². The van der Waals surface area contributed by atoms with Gasteiger partial charge in [-0.2, -0.15) is 0 Å². The second-order valence-electron chi connectivity index (χ2n) is 6.87. The van der Waals surface area contributed by atoms with Crippen molar-refractivity contribution in [1.82, 2.24) is 15.6 Å². The van der Waals surface area contributed by atoms with Crippen LogP contribution in [0.4, 0.5) is 4.79 Å². The number of imide groups is 1. The summed E-state index contributed by atoms with van der Waals surface area (Å²) in [6, 6.07) is 14.3. The Bertz CT molecular complexity index is 1120. The molecule has 0 saturated heterocycles. The van der Waals surface area contributed by atoms with Crippen molar-refractivity contribution in [2.75, 3.05) is 13.2 Å². The zero-order valence-electron chi connectivity index (χ0n) is 17.1. The maximum absolute atomic E-state index is 12.8. The van der Waals surface area contributed by atoms with Gasteiger partial charge in [0.2, 0.25) is 0 Å². The second-order valence-corrected chi connectivity index (χ2v) is 6.87. The minimum atomic E-state index is -0.706. The molecule has 1 aromatic heterocycles. The third-order valence-corrected chi connectivity index (χ3v) is 4.52. The number of nitrogens with one attached hydrogen (secondary N) is 2. The zero-order chi connectivity index (χ0) is 21.7. The molecule has 0 radical (unpaired) electrons. The Hall–Kier alpha value is -3.74. The average Bonchev–Trinajstić information content (AvgIpc) is 2.71. The summed E-state index contributed by atoms with van der Waals surface area (Å²) in [5.74, 6) is -1.37. The van der Waals surface area contributed by atoms with Crippen LogP contribution >= 0.6 is 0 Å². The molecule has 0 atom stereocenters. The fraction of sp³-hybridized carbons (Fsp3) is 0.217. The van der Waals surface area contributed by atoms with Crippen molar-refractivity contribution in [2.45, 2.75) is 20.8 Å². The maximum Gasteiger partial charge on any atom is 0.339 e.